The van der Waals surface area contributed by atoms with E-state index in [-0.39, 0.29) is 23.1 Å². The predicted molar refractivity (Wildman–Crippen MR) is 71.7 cm³/mol. The second-order valence-corrected chi connectivity index (χ2v) is 4.54. The van der Waals surface area contributed by atoms with Crippen LogP contribution in [0.1, 0.15) is 54.0 Å². The highest BCUT2D eigenvalue weighted by Crippen LogP contribution is 2.34. The highest BCUT2D eigenvalue weighted by molar-refractivity contribution is 6.10. The number of furan rings is 1. The van der Waals surface area contributed by atoms with E-state index >= 15 is 0 Å². The molecule has 0 unspecified atom stereocenters. The summed E-state index contributed by atoms with van der Waals surface area (Å²) in [6.45, 7) is 3.33. The number of hydrogen-bond acceptors (Lipinski definition) is 4. The summed E-state index contributed by atoms with van der Waals surface area (Å²) >= 11 is 0. The van der Waals surface area contributed by atoms with Crippen molar-refractivity contribution in [2.75, 3.05) is 0 Å². The summed E-state index contributed by atoms with van der Waals surface area (Å²) in [6, 6.07) is 4.98. The molecule has 1 aromatic heterocycles. The third-order valence-corrected chi connectivity index (χ3v) is 3.07. The highest BCUT2D eigenvalue weighted by Gasteiger charge is 2.21. The molecule has 2 aromatic rings. The molecule has 0 atom stereocenters. The van der Waals surface area contributed by atoms with Crippen molar-refractivity contribution in [3.05, 3.63) is 29.5 Å². The SMILES string of the molecule is CCCCC(=O)c1cccc2c(O)c(C(C)=O)oc12. The first kappa shape index (κ1) is 13.3. The third-order valence-electron chi connectivity index (χ3n) is 3.07. The minimum atomic E-state index is -0.361. The van der Waals surface area contributed by atoms with Crippen molar-refractivity contribution in [2.45, 2.75) is 33.1 Å². The van der Waals surface area contributed by atoms with E-state index in [1.165, 1.54) is 6.92 Å². The van der Waals surface area contributed by atoms with Gasteiger partial charge in [-0.05, 0) is 18.6 Å². The quantitative estimate of drug-likeness (QED) is 0.832. The van der Waals surface area contributed by atoms with Crippen LogP contribution in [-0.2, 0) is 0 Å². The van der Waals surface area contributed by atoms with Gasteiger partial charge in [-0.1, -0.05) is 19.4 Å². The molecule has 0 aliphatic rings. The van der Waals surface area contributed by atoms with Gasteiger partial charge in [0, 0.05) is 13.3 Å². The molecule has 0 bridgehead atoms. The lowest BCUT2D eigenvalue weighted by Crippen LogP contribution is -1.98. The molecular formula is C15H16O4. The number of aromatic hydroxyl groups is 1. The number of fused-ring (bicyclic) bond motifs is 1. The highest BCUT2D eigenvalue weighted by atomic mass is 16.4. The van der Waals surface area contributed by atoms with Gasteiger partial charge in [-0.15, -0.1) is 0 Å². The van der Waals surface area contributed by atoms with Crippen molar-refractivity contribution in [2.24, 2.45) is 0 Å². The number of ketones is 2. The first-order valence-corrected chi connectivity index (χ1v) is 6.34. The summed E-state index contributed by atoms with van der Waals surface area (Å²) in [6.07, 6.45) is 2.18. The van der Waals surface area contributed by atoms with Gasteiger partial charge in [-0.3, -0.25) is 9.59 Å². The zero-order chi connectivity index (χ0) is 14.0. The summed E-state index contributed by atoms with van der Waals surface area (Å²) in [5, 5.41) is 10.3. The molecule has 1 heterocycles. The van der Waals surface area contributed by atoms with Crippen molar-refractivity contribution < 1.29 is 19.1 Å². The van der Waals surface area contributed by atoms with Crippen molar-refractivity contribution >= 4 is 22.5 Å². The second-order valence-electron chi connectivity index (χ2n) is 4.54. The van der Waals surface area contributed by atoms with E-state index in [2.05, 4.69) is 0 Å². The zero-order valence-electron chi connectivity index (χ0n) is 11.0. The number of unbranched alkanes of at least 4 members (excludes halogenated alkanes) is 1. The number of hydrogen-bond donors (Lipinski definition) is 1. The maximum atomic E-state index is 12.1. The number of Topliss-reactive ketones (excluding diaryl/α,β-unsaturated/α-hetero) is 2. The summed E-state index contributed by atoms with van der Waals surface area (Å²) < 4.78 is 5.37. The van der Waals surface area contributed by atoms with Gasteiger partial charge in [0.15, 0.2) is 17.3 Å². The normalized spacial score (nSPS) is 10.8. The lowest BCUT2D eigenvalue weighted by Gasteiger charge is -2.00. The standard InChI is InChI=1S/C15H16O4/c1-3-4-8-12(17)10-6-5-7-11-13(18)14(9(2)16)19-15(10)11/h5-7,18H,3-4,8H2,1-2H3. The van der Waals surface area contributed by atoms with Crippen LogP contribution >= 0.6 is 0 Å². The van der Waals surface area contributed by atoms with Crippen molar-refractivity contribution in [1.29, 1.82) is 0 Å². The van der Waals surface area contributed by atoms with Crippen LogP contribution in [-0.4, -0.2) is 16.7 Å². The fourth-order valence-corrected chi connectivity index (χ4v) is 2.04. The molecule has 0 aliphatic heterocycles. The Morgan fingerprint density at radius 3 is 2.68 bits per heavy atom. The van der Waals surface area contributed by atoms with Gasteiger partial charge in [0.1, 0.15) is 5.58 Å². The smallest absolute Gasteiger partial charge is 0.212 e. The number of rotatable bonds is 5. The van der Waals surface area contributed by atoms with Gasteiger partial charge >= 0.3 is 0 Å². The van der Waals surface area contributed by atoms with E-state index in [1.807, 2.05) is 6.92 Å². The van der Waals surface area contributed by atoms with E-state index in [9.17, 15) is 14.7 Å². The van der Waals surface area contributed by atoms with Crippen molar-refractivity contribution in [3.63, 3.8) is 0 Å². The van der Waals surface area contributed by atoms with Crippen LogP contribution < -0.4 is 0 Å². The van der Waals surface area contributed by atoms with Crippen LogP contribution in [0.2, 0.25) is 0 Å². The number of carbonyl (C=O) groups excluding carboxylic acids is 2. The van der Waals surface area contributed by atoms with Crippen LogP contribution in [0.25, 0.3) is 11.0 Å². The molecule has 0 amide bonds. The van der Waals surface area contributed by atoms with E-state index in [0.717, 1.165) is 12.8 Å². The minimum absolute atomic E-state index is 0.0312. The molecule has 4 nitrogen and oxygen atoms in total. The summed E-state index contributed by atoms with van der Waals surface area (Å²) in [5.74, 6) is -0.671. The Balaban J connectivity index is 2.54. The van der Waals surface area contributed by atoms with E-state index in [1.54, 1.807) is 18.2 Å². The average molecular weight is 260 g/mol. The topological polar surface area (TPSA) is 67.5 Å². The Morgan fingerprint density at radius 1 is 1.32 bits per heavy atom. The maximum absolute atomic E-state index is 12.1. The Labute approximate surface area is 111 Å². The van der Waals surface area contributed by atoms with Crippen molar-refractivity contribution in [3.8, 4) is 5.75 Å². The molecule has 2 rings (SSSR count). The van der Waals surface area contributed by atoms with Crippen molar-refractivity contribution in [1.82, 2.24) is 0 Å². The Bertz CT molecular complexity index is 637. The predicted octanol–water partition coefficient (Wildman–Crippen LogP) is 3.71. The first-order chi connectivity index (χ1) is 9.06. The number of carbonyl (C=O) groups is 2. The lowest BCUT2D eigenvalue weighted by molar-refractivity contribution is 0.0968. The Morgan fingerprint density at radius 2 is 2.05 bits per heavy atom. The monoisotopic (exact) mass is 260 g/mol. The van der Waals surface area contributed by atoms with Gasteiger partial charge < -0.3 is 9.52 Å². The van der Waals surface area contributed by atoms with Gasteiger partial charge in [-0.2, -0.15) is 0 Å². The van der Waals surface area contributed by atoms with Crippen LogP contribution in [0.15, 0.2) is 22.6 Å². The number of para-hydroxylation sites is 1. The molecule has 0 radical (unpaired) electrons. The largest absolute Gasteiger partial charge is 0.504 e. The molecule has 0 spiro atoms. The average Bonchev–Trinajstić information content (AvgIpc) is 2.74. The van der Waals surface area contributed by atoms with E-state index in [0.29, 0.717) is 23.0 Å². The van der Waals surface area contributed by atoms with E-state index < -0.39 is 0 Å². The van der Waals surface area contributed by atoms with Crippen LogP contribution in [0.3, 0.4) is 0 Å². The molecular weight excluding hydrogens is 244 g/mol. The first-order valence-electron chi connectivity index (χ1n) is 6.34. The molecule has 0 saturated carbocycles. The molecule has 4 heteroatoms. The third kappa shape index (κ3) is 2.38. The Kier molecular flexibility index (Phi) is 3.69. The summed E-state index contributed by atoms with van der Waals surface area (Å²) in [7, 11) is 0. The molecule has 1 N–H and O–H groups in total. The van der Waals surface area contributed by atoms with E-state index in [4.69, 9.17) is 4.42 Å². The zero-order valence-corrected chi connectivity index (χ0v) is 11.0. The summed E-state index contributed by atoms with van der Waals surface area (Å²) in [5.41, 5.74) is 0.722. The molecule has 0 aliphatic carbocycles. The fourth-order valence-electron chi connectivity index (χ4n) is 2.04. The minimum Gasteiger partial charge on any atom is -0.504 e. The van der Waals surface area contributed by atoms with Gasteiger partial charge in [0.2, 0.25) is 5.76 Å². The van der Waals surface area contributed by atoms with Crippen LogP contribution in [0.4, 0.5) is 0 Å². The molecule has 0 fully saturated rings. The van der Waals surface area contributed by atoms with Gasteiger partial charge in [0.25, 0.3) is 0 Å². The lowest BCUT2D eigenvalue weighted by atomic mass is 10.0. The Hall–Kier alpha value is -2.10. The van der Waals surface area contributed by atoms with Gasteiger partial charge in [-0.25, -0.2) is 0 Å². The van der Waals surface area contributed by atoms with Gasteiger partial charge in [0.05, 0.1) is 10.9 Å². The number of benzene rings is 1. The molecule has 1 aromatic carbocycles. The maximum Gasteiger partial charge on any atom is 0.212 e. The molecule has 19 heavy (non-hydrogen) atoms. The van der Waals surface area contributed by atoms with Crippen LogP contribution in [0.5, 0.6) is 5.75 Å². The second kappa shape index (κ2) is 5.26. The summed E-state index contributed by atoms with van der Waals surface area (Å²) in [4.78, 5) is 23.4. The molecule has 100 valence electrons. The molecule has 0 saturated heterocycles. The van der Waals surface area contributed by atoms with Crippen LogP contribution in [0, 0.1) is 0 Å². The fraction of sp³-hybridized carbons (Fsp3) is 0.333.